The fourth-order valence-corrected chi connectivity index (χ4v) is 2.07. The SMILES string of the molecule is Br[C@H]1CC[C@H](Br)CC1. The molecule has 1 saturated carbocycles. The van der Waals surface area contributed by atoms with Crippen molar-refractivity contribution in [2.24, 2.45) is 0 Å². The lowest BCUT2D eigenvalue weighted by molar-refractivity contribution is 0.539. The number of rotatable bonds is 0. The van der Waals surface area contributed by atoms with E-state index in [1.54, 1.807) is 0 Å². The first-order valence-corrected chi connectivity index (χ1v) is 4.90. The van der Waals surface area contributed by atoms with Crippen LogP contribution in [0.5, 0.6) is 0 Å². The Labute approximate surface area is 67.3 Å². The lowest BCUT2D eigenvalue weighted by atomic mass is 10.0. The molecule has 0 spiro atoms. The maximum atomic E-state index is 3.59. The summed E-state index contributed by atoms with van der Waals surface area (Å²) in [5.41, 5.74) is 0. The maximum absolute atomic E-state index is 3.59. The molecule has 0 radical (unpaired) electrons. The molecule has 2 heteroatoms. The highest BCUT2D eigenvalue weighted by molar-refractivity contribution is 9.10. The molecule has 0 saturated heterocycles. The Morgan fingerprint density at radius 3 is 1.25 bits per heavy atom. The molecular weight excluding hydrogens is 232 g/mol. The number of hydrogen-bond acceptors (Lipinski definition) is 0. The molecule has 0 nitrogen and oxygen atoms in total. The Morgan fingerprint density at radius 1 is 0.750 bits per heavy atom. The van der Waals surface area contributed by atoms with Crippen LogP contribution in [0.4, 0.5) is 0 Å². The third-order valence-electron chi connectivity index (χ3n) is 1.59. The number of alkyl halides is 2. The Morgan fingerprint density at radius 2 is 1.00 bits per heavy atom. The average Bonchev–Trinajstić information content (AvgIpc) is 1.77. The van der Waals surface area contributed by atoms with Gasteiger partial charge in [0.1, 0.15) is 0 Å². The number of hydrogen-bond donors (Lipinski definition) is 0. The van der Waals surface area contributed by atoms with Gasteiger partial charge in [-0.3, -0.25) is 0 Å². The quantitative estimate of drug-likeness (QED) is 0.572. The molecule has 0 atom stereocenters. The van der Waals surface area contributed by atoms with E-state index in [4.69, 9.17) is 0 Å². The topological polar surface area (TPSA) is 0 Å². The van der Waals surface area contributed by atoms with Crippen LogP contribution in [-0.2, 0) is 0 Å². The van der Waals surface area contributed by atoms with Crippen LogP contribution in [0.1, 0.15) is 25.7 Å². The lowest BCUT2D eigenvalue weighted by Crippen LogP contribution is -2.12. The van der Waals surface area contributed by atoms with Crippen molar-refractivity contribution in [3.63, 3.8) is 0 Å². The maximum Gasteiger partial charge on any atom is 0.0146 e. The van der Waals surface area contributed by atoms with E-state index in [-0.39, 0.29) is 0 Å². The van der Waals surface area contributed by atoms with E-state index in [0.717, 1.165) is 9.65 Å². The summed E-state index contributed by atoms with van der Waals surface area (Å²) in [5.74, 6) is 0. The highest BCUT2D eigenvalue weighted by Crippen LogP contribution is 2.28. The molecule has 0 heterocycles. The van der Waals surface area contributed by atoms with Gasteiger partial charge in [-0.15, -0.1) is 0 Å². The van der Waals surface area contributed by atoms with Gasteiger partial charge in [0, 0.05) is 9.65 Å². The van der Waals surface area contributed by atoms with Gasteiger partial charge in [0.2, 0.25) is 0 Å². The molecule has 0 N–H and O–H groups in total. The summed E-state index contributed by atoms with van der Waals surface area (Å²) in [6.45, 7) is 0. The van der Waals surface area contributed by atoms with Crippen LogP contribution < -0.4 is 0 Å². The van der Waals surface area contributed by atoms with E-state index in [9.17, 15) is 0 Å². The van der Waals surface area contributed by atoms with Crippen LogP contribution in [-0.4, -0.2) is 9.65 Å². The zero-order valence-corrected chi connectivity index (χ0v) is 7.91. The van der Waals surface area contributed by atoms with Gasteiger partial charge in [-0.05, 0) is 25.7 Å². The first-order chi connectivity index (χ1) is 3.79. The molecule has 0 aliphatic heterocycles. The van der Waals surface area contributed by atoms with Crippen molar-refractivity contribution in [2.75, 3.05) is 0 Å². The minimum absolute atomic E-state index is 0.802. The van der Waals surface area contributed by atoms with Crippen LogP contribution in [0.3, 0.4) is 0 Å². The van der Waals surface area contributed by atoms with Crippen molar-refractivity contribution in [1.82, 2.24) is 0 Å². The molecule has 1 rings (SSSR count). The van der Waals surface area contributed by atoms with Crippen LogP contribution in [0.25, 0.3) is 0 Å². The van der Waals surface area contributed by atoms with Crippen LogP contribution in [0.2, 0.25) is 0 Å². The molecule has 8 heavy (non-hydrogen) atoms. The molecule has 1 aliphatic carbocycles. The first-order valence-electron chi connectivity index (χ1n) is 3.07. The highest BCUT2D eigenvalue weighted by Gasteiger charge is 2.15. The molecule has 0 aromatic carbocycles. The number of halogens is 2. The van der Waals surface area contributed by atoms with Gasteiger partial charge in [0.15, 0.2) is 0 Å². The second kappa shape index (κ2) is 3.21. The standard InChI is InChI=1S/C6H10Br2/c7-5-1-2-6(8)4-3-5/h5-6H,1-4H2/t5-,6-. The van der Waals surface area contributed by atoms with Gasteiger partial charge >= 0.3 is 0 Å². The molecule has 0 unspecified atom stereocenters. The molecule has 1 aliphatic rings. The molecule has 1 fully saturated rings. The predicted octanol–water partition coefficient (Wildman–Crippen LogP) is 3.09. The summed E-state index contributed by atoms with van der Waals surface area (Å²) < 4.78 is 0. The average molecular weight is 242 g/mol. The largest absolute Gasteiger partial charge is 0.0891 e. The van der Waals surface area contributed by atoms with E-state index < -0.39 is 0 Å². The van der Waals surface area contributed by atoms with E-state index in [1.165, 1.54) is 25.7 Å². The Balaban J connectivity index is 2.19. The van der Waals surface area contributed by atoms with Crippen LogP contribution in [0, 0.1) is 0 Å². The summed E-state index contributed by atoms with van der Waals surface area (Å²) in [7, 11) is 0. The second-order valence-electron chi connectivity index (χ2n) is 2.35. The summed E-state index contributed by atoms with van der Waals surface area (Å²) in [6, 6.07) is 0. The molecule has 48 valence electrons. The van der Waals surface area contributed by atoms with Crippen molar-refractivity contribution < 1.29 is 0 Å². The fraction of sp³-hybridized carbons (Fsp3) is 1.00. The van der Waals surface area contributed by atoms with E-state index >= 15 is 0 Å². The van der Waals surface area contributed by atoms with Crippen molar-refractivity contribution >= 4 is 31.9 Å². The normalized spacial score (nSPS) is 39.8. The third-order valence-corrected chi connectivity index (χ3v) is 3.42. The van der Waals surface area contributed by atoms with E-state index in [0.29, 0.717) is 0 Å². The Bertz CT molecular complexity index is 54.9. The Hall–Kier alpha value is 0.960. The summed E-state index contributed by atoms with van der Waals surface area (Å²) in [5, 5.41) is 0. The van der Waals surface area contributed by atoms with Crippen molar-refractivity contribution in [3.05, 3.63) is 0 Å². The van der Waals surface area contributed by atoms with E-state index in [1.807, 2.05) is 0 Å². The first kappa shape index (κ1) is 7.07. The van der Waals surface area contributed by atoms with Gasteiger partial charge in [-0.2, -0.15) is 0 Å². The predicted molar refractivity (Wildman–Crippen MR) is 43.9 cm³/mol. The molecule has 0 aromatic rings. The van der Waals surface area contributed by atoms with Crippen LogP contribution in [0.15, 0.2) is 0 Å². The highest BCUT2D eigenvalue weighted by atomic mass is 79.9. The second-order valence-corrected chi connectivity index (χ2v) is 4.94. The fourth-order valence-electron chi connectivity index (χ4n) is 1.01. The van der Waals surface area contributed by atoms with Crippen molar-refractivity contribution in [1.29, 1.82) is 0 Å². The van der Waals surface area contributed by atoms with Gasteiger partial charge in [0.25, 0.3) is 0 Å². The summed E-state index contributed by atoms with van der Waals surface area (Å²) in [4.78, 5) is 1.60. The molecule has 0 amide bonds. The molecule has 0 bridgehead atoms. The summed E-state index contributed by atoms with van der Waals surface area (Å²) >= 11 is 7.19. The van der Waals surface area contributed by atoms with E-state index in [2.05, 4.69) is 31.9 Å². The minimum Gasteiger partial charge on any atom is -0.0891 e. The van der Waals surface area contributed by atoms with Crippen molar-refractivity contribution in [3.8, 4) is 0 Å². The summed E-state index contributed by atoms with van der Waals surface area (Å²) in [6.07, 6.45) is 5.37. The monoisotopic (exact) mass is 240 g/mol. The smallest absolute Gasteiger partial charge is 0.0146 e. The van der Waals surface area contributed by atoms with Crippen molar-refractivity contribution in [2.45, 2.75) is 35.3 Å². The van der Waals surface area contributed by atoms with Gasteiger partial charge in [-0.1, -0.05) is 31.9 Å². The van der Waals surface area contributed by atoms with Gasteiger partial charge < -0.3 is 0 Å². The Kier molecular flexibility index (Phi) is 2.84. The zero-order chi connectivity index (χ0) is 5.98. The lowest BCUT2D eigenvalue weighted by Gasteiger charge is -2.19. The minimum atomic E-state index is 0.802. The molecular formula is C6H10Br2. The zero-order valence-electron chi connectivity index (χ0n) is 4.74. The van der Waals surface area contributed by atoms with Crippen LogP contribution >= 0.6 is 31.9 Å². The van der Waals surface area contributed by atoms with Gasteiger partial charge in [0.05, 0.1) is 0 Å². The third kappa shape index (κ3) is 2.06. The van der Waals surface area contributed by atoms with Gasteiger partial charge in [-0.25, -0.2) is 0 Å². The molecule has 0 aromatic heterocycles.